The molecule has 1 aromatic carbocycles. The van der Waals surface area contributed by atoms with E-state index in [9.17, 15) is 10.1 Å². The van der Waals surface area contributed by atoms with Crippen molar-refractivity contribution >= 4 is 5.69 Å². The van der Waals surface area contributed by atoms with Crippen molar-refractivity contribution in [1.82, 2.24) is 4.98 Å². The lowest BCUT2D eigenvalue weighted by molar-refractivity contribution is -0.385. The average Bonchev–Trinajstić information content (AvgIpc) is 2.41. The molecule has 2 N–H and O–H groups in total. The maximum Gasteiger partial charge on any atom is 0.311 e. The second-order valence-corrected chi connectivity index (χ2v) is 4.47. The summed E-state index contributed by atoms with van der Waals surface area (Å²) in [4.78, 5) is 14.7. The van der Waals surface area contributed by atoms with E-state index in [-0.39, 0.29) is 17.5 Å². The van der Waals surface area contributed by atoms with Gasteiger partial charge in [0.25, 0.3) is 0 Å². The molecule has 1 aromatic heterocycles. The van der Waals surface area contributed by atoms with Crippen LogP contribution in [0, 0.1) is 17.0 Å². The molecular formula is C14H15N3O3. The zero-order chi connectivity index (χ0) is 14.7. The second-order valence-electron chi connectivity index (χ2n) is 4.47. The summed E-state index contributed by atoms with van der Waals surface area (Å²) in [5, 5.41) is 11.1. The largest absolute Gasteiger partial charge is 0.431 e. The third-order valence-corrected chi connectivity index (χ3v) is 2.88. The molecule has 0 spiro atoms. The number of hydrogen-bond donors (Lipinski definition) is 1. The quantitative estimate of drug-likeness (QED) is 0.682. The summed E-state index contributed by atoms with van der Waals surface area (Å²) in [6, 6.07) is 8.02. The number of pyridine rings is 1. The highest BCUT2D eigenvalue weighted by Crippen LogP contribution is 2.35. The fourth-order valence-corrected chi connectivity index (χ4v) is 1.85. The number of hydrogen-bond acceptors (Lipinski definition) is 5. The second kappa shape index (κ2) is 5.66. The van der Waals surface area contributed by atoms with Crippen LogP contribution in [0.1, 0.15) is 24.1 Å². The van der Waals surface area contributed by atoms with E-state index in [4.69, 9.17) is 10.5 Å². The summed E-state index contributed by atoms with van der Waals surface area (Å²) >= 11 is 0. The van der Waals surface area contributed by atoms with E-state index in [1.807, 2.05) is 0 Å². The predicted molar refractivity (Wildman–Crippen MR) is 74.7 cm³/mol. The van der Waals surface area contributed by atoms with Crippen molar-refractivity contribution in [3.8, 4) is 11.6 Å². The topological polar surface area (TPSA) is 91.3 Å². The normalized spacial score (nSPS) is 11.9. The molecule has 1 heterocycles. The van der Waals surface area contributed by atoms with Crippen molar-refractivity contribution in [2.75, 3.05) is 0 Å². The number of nitro groups is 1. The van der Waals surface area contributed by atoms with Crippen LogP contribution in [0.4, 0.5) is 5.69 Å². The van der Waals surface area contributed by atoms with Crippen molar-refractivity contribution in [2.45, 2.75) is 19.9 Å². The molecule has 0 radical (unpaired) electrons. The molecule has 0 aliphatic heterocycles. The molecule has 0 unspecified atom stereocenters. The highest BCUT2D eigenvalue weighted by atomic mass is 16.6. The standard InChI is InChI=1S/C14H15N3O3/c1-9-5-3-7-12(17(18)19)13(9)20-14-11(10(2)15)6-4-8-16-14/h3-8,10H,15H2,1-2H3/t10-/m1/s1. The van der Waals surface area contributed by atoms with E-state index in [1.54, 1.807) is 44.3 Å². The number of benzene rings is 1. The number of nitro benzene ring substituents is 1. The van der Waals surface area contributed by atoms with Crippen molar-refractivity contribution in [3.63, 3.8) is 0 Å². The van der Waals surface area contributed by atoms with Crippen LogP contribution in [0.2, 0.25) is 0 Å². The fraction of sp³-hybridized carbons (Fsp3) is 0.214. The number of aryl methyl sites for hydroxylation is 1. The van der Waals surface area contributed by atoms with E-state index in [1.165, 1.54) is 6.07 Å². The molecule has 6 nitrogen and oxygen atoms in total. The van der Waals surface area contributed by atoms with Crippen LogP contribution >= 0.6 is 0 Å². The summed E-state index contributed by atoms with van der Waals surface area (Å²) in [5.74, 6) is 0.484. The van der Waals surface area contributed by atoms with Crippen LogP contribution in [-0.4, -0.2) is 9.91 Å². The summed E-state index contributed by atoms with van der Waals surface area (Å²) in [7, 11) is 0. The lowest BCUT2D eigenvalue weighted by atomic mass is 10.1. The third-order valence-electron chi connectivity index (χ3n) is 2.88. The van der Waals surface area contributed by atoms with Crippen molar-refractivity contribution in [3.05, 3.63) is 57.8 Å². The first-order chi connectivity index (χ1) is 9.50. The van der Waals surface area contributed by atoms with Crippen LogP contribution in [0.3, 0.4) is 0 Å². The number of rotatable bonds is 4. The fourth-order valence-electron chi connectivity index (χ4n) is 1.85. The van der Waals surface area contributed by atoms with Crippen molar-refractivity contribution in [2.24, 2.45) is 5.73 Å². The maximum atomic E-state index is 11.1. The molecule has 0 aliphatic rings. The molecule has 104 valence electrons. The van der Waals surface area contributed by atoms with E-state index < -0.39 is 4.92 Å². The van der Waals surface area contributed by atoms with Crippen LogP contribution in [0.25, 0.3) is 0 Å². The van der Waals surface area contributed by atoms with Gasteiger partial charge >= 0.3 is 5.69 Å². The zero-order valence-electron chi connectivity index (χ0n) is 11.2. The van der Waals surface area contributed by atoms with E-state index >= 15 is 0 Å². The van der Waals surface area contributed by atoms with E-state index in [2.05, 4.69) is 4.98 Å². The molecule has 20 heavy (non-hydrogen) atoms. The smallest absolute Gasteiger partial charge is 0.311 e. The van der Waals surface area contributed by atoms with Gasteiger partial charge in [-0.15, -0.1) is 0 Å². The Morgan fingerprint density at radius 2 is 2.10 bits per heavy atom. The Balaban J connectivity index is 2.48. The first-order valence-corrected chi connectivity index (χ1v) is 6.13. The molecule has 0 fully saturated rings. The Morgan fingerprint density at radius 1 is 1.35 bits per heavy atom. The summed E-state index contributed by atoms with van der Waals surface area (Å²) in [5.41, 5.74) is 7.13. The lowest BCUT2D eigenvalue weighted by Crippen LogP contribution is -2.08. The van der Waals surface area contributed by atoms with Gasteiger partial charge in [0.2, 0.25) is 11.6 Å². The Bertz CT molecular complexity index is 641. The van der Waals surface area contributed by atoms with Gasteiger partial charge in [0.1, 0.15) is 0 Å². The molecule has 0 bridgehead atoms. The highest BCUT2D eigenvalue weighted by molar-refractivity contribution is 5.53. The van der Waals surface area contributed by atoms with Crippen LogP contribution in [-0.2, 0) is 0 Å². The first-order valence-electron chi connectivity index (χ1n) is 6.13. The van der Waals surface area contributed by atoms with E-state index in [0.29, 0.717) is 17.0 Å². The Hall–Kier alpha value is -2.47. The molecule has 6 heteroatoms. The Morgan fingerprint density at radius 3 is 2.75 bits per heavy atom. The molecule has 0 amide bonds. The van der Waals surface area contributed by atoms with Gasteiger partial charge in [0.05, 0.1) is 4.92 Å². The molecule has 2 aromatic rings. The van der Waals surface area contributed by atoms with Gasteiger partial charge in [-0.05, 0) is 25.5 Å². The number of nitrogens with two attached hydrogens (primary N) is 1. The molecule has 0 aliphatic carbocycles. The minimum absolute atomic E-state index is 0.0914. The zero-order valence-corrected chi connectivity index (χ0v) is 11.2. The van der Waals surface area contributed by atoms with Gasteiger partial charge in [0.15, 0.2) is 0 Å². The molecule has 1 atom stereocenters. The van der Waals surface area contributed by atoms with Gasteiger partial charge in [0, 0.05) is 23.9 Å². The highest BCUT2D eigenvalue weighted by Gasteiger charge is 2.20. The van der Waals surface area contributed by atoms with Crippen LogP contribution in [0.15, 0.2) is 36.5 Å². The molecule has 2 rings (SSSR count). The number of nitrogens with zero attached hydrogens (tertiary/aromatic N) is 2. The third kappa shape index (κ3) is 2.75. The number of aromatic nitrogens is 1. The van der Waals surface area contributed by atoms with Gasteiger partial charge in [-0.2, -0.15) is 0 Å². The van der Waals surface area contributed by atoms with Crippen LogP contribution < -0.4 is 10.5 Å². The summed E-state index contributed by atoms with van der Waals surface area (Å²) in [6.07, 6.45) is 1.56. The van der Waals surface area contributed by atoms with Gasteiger partial charge in [-0.1, -0.05) is 18.2 Å². The van der Waals surface area contributed by atoms with Gasteiger partial charge in [-0.3, -0.25) is 10.1 Å². The number of para-hydroxylation sites is 1. The summed E-state index contributed by atoms with van der Waals surface area (Å²) in [6.45, 7) is 3.55. The predicted octanol–water partition coefficient (Wildman–Crippen LogP) is 3.11. The minimum atomic E-state index is -0.475. The van der Waals surface area contributed by atoms with Crippen molar-refractivity contribution < 1.29 is 9.66 Å². The lowest BCUT2D eigenvalue weighted by Gasteiger charge is -2.13. The minimum Gasteiger partial charge on any atom is -0.431 e. The molecule has 0 saturated carbocycles. The van der Waals surface area contributed by atoms with Crippen molar-refractivity contribution in [1.29, 1.82) is 0 Å². The summed E-state index contributed by atoms with van der Waals surface area (Å²) < 4.78 is 5.66. The average molecular weight is 273 g/mol. The first kappa shape index (κ1) is 14.0. The molecular weight excluding hydrogens is 258 g/mol. The monoisotopic (exact) mass is 273 g/mol. The van der Waals surface area contributed by atoms with Gasteiger partial charge < -0.3 is 10.5 Å². The van der Waals surface area contributed by atoms with E-state index in [0.717, 1.165) is 0 Å². The maximum absolute atomic E-state index is 11.1. The Labute approximate surface area is 116 Å². The molecule has 0 saturated heterocycles. The van der Waals surface area contributed by atoms with Gasteiger partial charge in [-0.25, -0.2) is 4.98 Å². The Kier molecular flexibility index (Phi) is 3.95. The SMILES string of the molecule is Cc1cccc([N+](=O)[O-])c1Oc1ncccc1[C@@H](C)N. The number of ether oxygens (including phenoxy) is 1. The van der Waals surface area contributed by atoms with Crippen LogP contribution in [0.5, 0.6) is 11.6 Å².